The second-order valence-corrected chi connectivity index (χ2v) is 6.52. The number of carbonyl (C=O) groups is 1. The first-order valence-electron chi connectivity index (χ1n) is 7.91. The van der Waals surface area contributed by atoms with Crippen molar-refractivity contribution in [1.29, 1.82) is 0 Å². The molecule has 0 unspecified atom stereocenters. The first-order valence-corrected chi connectivity index (χ1v) is 8.85. The molecule has 0 saturated heterocycles. The van der Waals surface area contributed by atoms with Crippen LogP contribution < -0.4 is 0 Å². The molecule has 0 bridgehead atoms. The predicted molar refractivity (Wildman–Crippen MR) is 87.9 cm³/mol. The molecule has 3 rings (SSSR count). The van der Waals surface area contributed by atoms with Crippen LogP contribution in [0.25, 0.3) is 0 Å². The summed E-state index contributed by atoms with van der Waals surface area (Å²) < 4.78 is 0. The quantitative estimate of drug-likeness (QED) is 0.845. The molecular weight excluding hydrogens is 294 g/mol. The molecule has 1 aliphatic rings. The minimum Gasteiger partial charge on any atom is -0.331 e. The van der Waals surface area contributed by atoms with Crippen molar-refractivity contribution in [1.82, 2.24) is 14.9 Å². The van der Waals surface area contributed by atoms with Gasteiger partial charge in [-0.2, -0.15) is 11.3 Å². The smallest absolute Gasteiger partial charge is 0.257 e. The number of nitrogens with zero attached hydrogens (tertiary/aromatic N) is 3. The highest BCUT2D eigenvalue weighted by Gasteiger charge is 2.28. The van der Waals surface area contributed by atoms with E-state index in [1.807, 2.05) is 11.8 Å². The second-order valence-electron chi connectivity index (χ2n) is 5.74. The molecule has 0 spiro atoms. The molecule has 1 fully saturated rings. The van der Waals surface area contributed by atoms with Gasteiger partial charge in [-0.05, 0) is 35.2 Å². The van der Waals surface area contributed by atoms with Crippen LogP contribution in [0.1, 0.15) is 54.4 Å². The fourth-order valence-electron chi connectivity index (χ4n) is 2.98. The van der Waals surface area contributed by atoms with E-state index in [9.17, 15) is 4.79 Å². The minimum atomic E-state index is 0.0563. The van der Waals surface area contributed by atoms with E-state index >= 15 is 0 Å². The summed E-state index contributed by atoms with van der Waals surface area (Å²) in [6, 6.07) is 2.44. The highest BCUT2D eigenvalue weighted by molar-refractivity contribution is 7.07. The van der Waals surface area contributed by atoms with Crippen molar-refractivity contribution in [2.24, 2.45) is 0 Å². The van der Waals surface area contributed by atoms with E-state index in [1.165, 1.54) is 18.4 Å². The van der Waals surface area contributed by atoms with Gasteiger partial charge in [0.2, 0.25) is 0 Å². The fraction of sp³-hybridized carbons (Fsp3) is 0.471. The maximum atomic E-state index is 12.9. The molecule has 0 N–H and O–H groups in total. The summed E-state index contributed by atoms with van der Waals surface area (Å²) in [4.78, 5) is 23.5. The highest BCUT2D eigenvalue weighted by atomic mass is 32.1. The van der Waals surface area contributed by atoms with E-state index in [1.54, 1.807) is 23.7 Å². The van der Waals surface area contributed by atoms with Gasteiger partial charge in [0.1, 0.15) is 5.82 Å². The average molecular weight is 315 g/mol. The SMILES string of the molecule is CCc1ncc(C(=O)N(Cc2ccsc2)C2CCCC2)cn1. The van der Waals surface area contributed by atoms with Crippen molar-refractivity contribution in [3.8, 4) is 0 Å². The third kappa shape index (κ3) is 3.35. The van der Waals surface area contributed by atoms with Crippen LogP contribution in [0.3, 0.4) is 0 Å². The normalized spacial score (nSPS) is 15.1. The van der Waals surface area contributed by atoms with Crippen LogP contribution >= 0.6 is 11.3 Å². The minimum absolute atomic E-state index is 0.0563. The molecule has 5 heteroatoms. The maximum absolute atomic E-state index is 12.9. The molecule has 0 radical (unpaired) electrons. The Balaban J connectivity index is 1.81. The summed E-state index contributed by atoms with van der Waals surface area (Å²) in [5.41, 5.74) is 1.80. The van der Waals surface area contributed by atoms with E-state index in [-0.39, 0.29) is 5.91 Å². The van der Waals surface area contributed by atoms with Crippen LogP contribution in [0.15, 0.2) is 29.2 Å². The van der Waals surface area contributed by atoms with Gasteiger partial charge in [0.25, 0.3) is 5.91 Å². The van der Waals surface area contributed by atoms with Crippen molar-refractivity contribution in [2.45, 2.75) is 51.6 Å². The van der Waals surface area contributed by atoms with Gasteiger partial charge < -0.3 is 4.90 Å². The van der Waals surface area contributed by atoms with Gasteiger partial charge in [0, 0.05) is 31.4 Å². The summed E-state index contributed by atoms with van der Waals surface area (Å²) in [5, 5.41) is 4.18. The lowest BCUT2D eigenvalue weighted by molar-refractivity contribution is 0.0664. The van der Waals surface area contributed by atoms with E-state index in [0.29, 0.717) is 18.2 Å². The van der Waals surface area contributed by atoms with Gasteiger partial charge in [0.15, 0.2) is 0 Å². The first-order chi connectivity index (χ1) is 10.8. The Labute approximate surface area is 135 Å². The van der Waals surface area contributed by atoms with E-state index in [2.05, 4.69) is 26.8 Å². The summed E-state index contributed by atoms with van der Waals surface area (Å²) in [5.74, 6) is 0.836. The van der Waals surface area contributed by atoms with Crippen molar-refractivity contribution in [3.05, 3.63) is 46.2 Å². The number of rotatable bonds is 5. The van der Waals surface area contributed by atoms with Crippen molar-refractivity contribution >= 4 is 17.2 Å². The van der Waals surface area contributed by atoms with E-state index in [0.717, 1.165) is 25.1 Å². The molecule has 2 aromatic rings. The Kier molecular flexibility index (Phi) is 4.83. The zero-order valence-electron chi connectivity index (χ0n) is 12.9. The summed E-state index contributed by atoms with van der Waals surface area (Å²) >= 11 is 1.67. The molecule has 22 heavy (non-hydrogen) atoms. The van der Waals surface area contributed by atoms with Crippen LogP contribution in [0.5, 0.6) is 0 Å². The number of hydrogen-bond donors (Lipinski definition) is 0. The number of hydrogen-bond acceptors (Lipinski definition) is 4. The highest BCUT2D eigenvalue weighted by Crippen LogP contribution is 2.26. The van der Waals surface area contributed by atoms with Crippen LogP contribution in [0.4, 0.5) is 0 Å². The fourth-order valence-corrected chi connectivity index (χ4v) is 3.64. The zero-order valence-corrected chi connectivity index (χ0v) is 13.7. The lowest BCUT2D eigenvalue weighted by Crippen LogP contribution is -2.38. The van der Waals surface area contributed by atoms with Crippen molar-refractivity contribution in [3.63, 3.8) is 0 Å². The largest absolute Gasteiger partial charge is 0.331 e. The standard InChI is InChI=1S/C17H21N3OS/c1-2-16-18-9-14(10-19-16)17(21)20(15-5-3-4-6-15)11-13-7-8-22-12-13/h7-10,12,15H,2-6,11H2,1H3. The molecule has 1 saturated carbocycles. The molecule has 0 atom stereocenters. The Morgan fingerprint density at radius 1 is 1.32 bits per heavy atom. The molecule has 2 aromatic heterocycles. The average Bonchev–Trinajstić information content (AvgIpc) is 3.25. The van der Waals surface area contributed by atoms with E-state index < -0.39 is 0 Å². The molecule has 116 valence electrons. The van der Waals surface area contributed by atoms with Gasteiger partial charge in [-0.3, -0.25) is 4.79 Å². The van der Waals surface area contributed by atoms with Crippen LogP contribution in [0.2, 0.25) is 0 Å². The Morgan fingerprint density at radius 2 is 2.05 bits per heavy atom. The summed E-state index contributed by atoms with van der Waals surface area (Å²) in [6.45, 7) is 2.70. The van der Waals surface area contributed by atoms with Crippen LogP contribution in [-0.4, -0.2) is 26.8 Å². The van der Waals surface area contributed by atoms with Gasteiger partial charge in [-0.15, -0.1) is 0 Å². The molecule has 1 aliphatic carbocycles. The Hall–Kier alpha value is -1.75. The number of amides is 1. The van der Waals surface area contributed by atoms with E-state index in [4.69, 9.17) is 0 Å². The Bertz CT molecular complexity index is 603. The predicted octanol–water partition coefficient (Wildman–Crippen LogP) is 3.69. The molecule has 1 amide bonds. The second kappa shape index (κ2) is 7.01. The topological polar surface area (TPSA) is 46.1 Å². The molecule has 0 aromatic carbocycles. The molecule has 4 nitrogen and oxygen atoms in total. The van der Waals surface area contributed by atoms with Gasteiger partial charge in [-0.1, -0.05) is 19.8 Å². The Morgan fingerprint density at radius 3 is 2.64 bits per heavy atom. The molecule has 2 heterocycles. The zero-order chi connectivity index (χ0) is 15.4. The van der Waals surface area contributed by atoms with Gasteiger partial charge in [0.05, 0.1) is 5.56 Å². The molecular formula is C17H21N3OS. The lowest BCUT2D eigenvalue weighted by atomic mass is 10.1. The first kappa shape index (κ1) is 15.2. The van der Waals surface area contributed by atoms with Gasteiger partial charge in [-0.25, -0.2) is 9.97 Å². The van der Waals surface area contributed by atoms with Crippen LogP contribution in [0, 0.1) is 0 Å². The number of aromatic nitrogens is 2. The van der Waals surface area contributed by atoms with Crippen molar-refractivity contribution < 1.29 is 4.79 Å². The molecule has 0 aliphatic heterocycles. The van der Waals surface area contributed by atoms with Gasteiger partial charge >= 0.3 is 0 Å². The number of aryl methyl sites for hydroxylation is 1. The number of carbonyl (C=O) groups excluding carboxylic acids is 1. The third-order valence-corrected chi connectivity index (χ3v) is 4.96. The summed E-state index contributed by atoms with van der Waals surface area (Å²) in [6.07, 6.45) is 8.75. The van der Waals surface area contributed by atoms with Crippen LogP contribution in [-0.2, 0) is 13.0 Å². The third-order valence-electron chi connectivity index (χ3n) is 4.23. The maximum Gasteiger partial charge on any atom is 0.257 e. The monoisotopic (exact) mass is 315 g/mol. The summed E-state index contributed by atoms with van der Waals surface area (Å²) in [7, 11) is 0. The van der Waals surface area contributed by atoms with Crippen molar-refractivity contribution in [2.75, 3.05) is 0 Å². The number of thiophene rings is 1. The lowest BCUT2D eigenvalue weighted by Gasteiger charge is -2.28.